The zero-order chi connectivity index (χ0) is 14.1. The van der Waals surface area contributed by atoms with E-state index >= 15 is 0 Å². The molecule has 0 fully saturated rings. The minimum Gasteiger partial charge on any atom is -0.469 e. The first-order valence-corrected chi connectivity index (χ1v) is 6.89. The van der Waals surface area contributed by atoms with Crippen molar-refractivity contribution in [2.24, 2.45) is 0 Å². The molecule has 2 heterocycles. The van der Waals surface area contributed by atoms with Crippen LogP contribution in [-0.4, -0.2) is 13.0 Å². The van der Waals surface area contributed by atoms with Crippen molar-refractivity contribution in [2.75, 3.05) is 12.4 Å². The third-order valence-electron chi connectivity index (χ3n) is 3.79. The first-order chi connectivity index (χ1) is 9.72. The van der Waals surface area contributed by atoms with E-state index in [-0.39, 0.29) is 11.9 Å². The quantitative estimate of drug-likeness (QED) is 0.898. The molecule has 3 rings (SSSR count). The molecule has 1 aliphatic rings. The summed E-state index contributed by atoms with van der Waals surface area (Å²) in [6.07, 6.45) is 3.06. The Hall–Kier alpha value is -2.07. The molecule has 1 atom stereocenters. The predicted molar refractivity (Wildman–Crippen MR) is 77.8 cm³/mol. The van der Waals surface area contributed by atoms with Crippen LogP contribution in [-0.2, 0) is 17.6 Å². The lowest BCUT2D eigenvalue weighted by Crippen LogP contribution is -2.18. The van der Waals surface area contributed by atoms with Crippen molar-refractivity contribution >= 4 is 11.6 Å². The van der Waals surface area contributed by atoms with E-state index < -0.39 is 0 Å². The van der Waals surface area contributed by atoms with Gasteiger partial charge in [-0.2, -0.15) is 0 Å². The Morgan fingerprint density at radius 2 is 2.25 bits per heavy atom. The number of carbonyl (C=O) groups is 1. The first kappa shape index (κ1) is 12.9. The number of hydrogen-bond acceptors (Lipinski definition) is 3. The fraction of sp³-hybridized carbons (Fsp3) is 0.312. The van der Waals surface area contributed by atoms with E-state index in [1.165, 1.54) is 0 Å². The van der Waals surface area contributed by atoms with Gasteiger partial charge in [-0.05, 0) is 30.3 Å². The molecule has 0 spiro atoms. The highest BCUT2D eigenvalue weighted by Gasteiger charge is 2.22. The van der Waals surface area contributed by atoms with Crippen LogP contribution in [0.1, 0.15) is 35.4 Å². The zero-order valence-electron chi connectivity index (χ0n) is 11.7. The van der Waals surface area contributed by atoms with Crippen molar-refractivity contribution in [3.8, 4) is 0 Å². The SMILES string of the molecule is CCc1occc1C(NC)c1ccc2c(c1)CC(=O)N2. The molecule has 0 bridgehead atoms. The van der Waals surface area contributed by atoms with Crippen LogP contribution in [0.25, 0.3) is 0 Å². The summed E-state index contributed by atoms with van der Waals surface area (Å²) in [4.78, 5) is 11.4. The second-order valence-electron chi connectivity index (χ2n) is 5.02. The number of aryl methyl sites for hydroxylation is 1. The summed E-state index contributed by atoms with van der Waals surface area (Å²) >= 11 is 0. The molecule has 20 heavy (non-hydrogen) atoms. The average molecular weight is 270 g/mol. The van der Waals surface area contributed by atoms with Crippen LogP contribution < -0.4 is 10.6 Å². The van der Waals surface area contributed by atoms with Gasteiger partial charge in [0.2, 0.25) is 5.91 Å². The number of amides is 1. The van der Waals surface area contributed by atoms with Gasteiger partial charge in [-0.25, -0.2) is 0 Å². The molecule has 104 valence electrons. The lowest BCUT2D eigenvalue weighted by atomic mass is 9.96. The predicted octanol–water partition coefficient (Wildman–Crippen LogP) is 2.65. The van der Waals surface area contributed by atoms with Gasteiger partial charge in [0.15, 0.2) is 0 Å². The molecule has 1 aromatic heterocycles. The summed E-state index contributed by atoms with van der Waals surface area (Å²) in [5.74, 6) is 1.06. The van der Waals surface area contributed by atoms with Gasteiger partial charge in [-0.1, -0.05) is 19.1 Å². The van der Waals surface area contributed by atoms with Gasteiger partial charge in [0.05, 0.1) is 18.7 Å². The maximum atomic E-state index is 11.4. The van der Waals surface area contributed by atoms with E-state index in [0.29, 0.717) is 6.42 Å². The van der Waals surface area contributed by atoms with Crippen LogP contribution in [0.2, 0.25) is 0 Å². The smallest absolute Gasteiger partial charge is 0.228 e. The number of rotatable bonds is 4. The molecule has 1 amide bonds. The third kappa shape index (κ3) is 2.12. The fourth-order valence-electron chi connectivity index (χ4n) is 2.83. The number of nitrogens with one attached hydrogen (secondary N) is 2. The molecule has 2 aromatic rings. The van der Waals surface area contributed by atoms with Gasteiger partial charge in [0.25, 0.3) is 0 Å². The molecule has 1 aliphatic heterocycles. The second kappa shape index (κ2) is 5.13. The highest BCUT2D eigenvalue weighted by molar-refractivity contribution is 5.99. The highest BCUT2D eigenvalue weighted by atomic mass is 16.3. The van der Waals surface area contributed by atoms with E-state index in [9.17, 15) is 4.79 Å². The Morgan fingerprint density at radius 1 is 1.40 bits per heavy atom. The number of fused-ring (bicyclic) bond motifs is 1. The van der Waals surface area contributed by atoms with Crippen LogP contribution in [0.15, 0.2) is 34.9 Å². The molecule has 0 saturated heterocycles. The van der Waals surface area contributed by atoms with Gasteiger partial charge < -0.3 is 15.1 Å². The molecule has 2 N–H and O–H groups in total. The Bertz CT molecular complexity index is 646. The molecule has 4 heteroatoms. The third-order valence-corrected chi connectivity index (χ3v) is 3.79. The summed E-state index contributed by atoms with van der Waals surface area (Å²) in [5.41, 5.74) is 4.30. The van der Waals surface area contributed by atoms with Crippen molar-refractivity contribution in [3.05, 3.63) is 53.0 Å². The van der Waals surface area contributed by atoms with Crippen LogP contribution >= 0.6 is 0 Å². The summed E-state index contributed by atoms with van der Waals surface area (Å²) in [7, 11) is 1.94. The van der Waals surface area contributed by atoms with Gasteiger partial charge >= 0.3 is 0 Å². The molecule has 0 radical (unpaired) electrons. The Morgan fingerprint density at radius 3 is 3.00 bits per heavy atom. The van der Waals surface area contributed by atoms with Gasteiger partial charge in [-0.3, -0.25) is 4.79 Å². The first-order valence-electron chi connectivity index (χ1n) is 6.89. The van der Waals surface area contributed by atoms with Crippen molar-refractivity contribution in [1.29, 1.82) is 0 Å². The monoisotopic (exact) mass is 270 g/mol. The summed E-state index contributed by atoms with van der Waals surface area (Å²) in [5, 5.41) is 6.19. The summed E-state index contributed by atoms with van der Waals surface area (Å²) in [6.45, 7) is 2.08. The average Bonchev–Trinajstić information content (AvgIpc) is 3.04. The van der Waals surface area contributed by atoms with E-state index in [1.807, 2.05) is 19.2 Å². The number of hydrogen-bond donors (Lipinski definition) is 2. The van der Waals surface area contributed by atoms with E-state index in [2.05, 4.69) is 29.7 Å². The van der Waals surface area contributed by atoms with Crippen molar-refractivity contribution in [3.63, 3.8) is 0 Å². The topological polar surface area (TPSA) is 54.3 Å². The minimum atomic E-state index is 0.0655. The molecule has 1 unspecified atom stereocenters. The Balaban J connectivity index is 1.98. The van der Waals surface area contributed by atoms with Crippen LogP contribution in [0, 0.1) is 0 Å². The molecular weight excluding hydrogens is 252 g/mol. The zero-order valence-corrected chi connectivity index (χ0v) is 11.7. The normalized spacial score (nSPS) is 15.0. The molecule has 0 aliphatic carbocycles. The number of anilines is 1. The van der Waals surface area contributed by atoms with E-state index in [0.717, 1.165) is 34.6 Å². The fourth-order valence-corrected chi connectivity index (χ4v) is 2.83. The maximum Gasteiger partial charge on any atom is 0.228 e. The lowest BCUT2D eigenvalue weighted by Gasteiger charge is -2.17. The van der Waals surface area contributed by atoms with Crippen molar-refractivity contribution < 1.29 is 9.21 Å². The van der Waals surface area contributed by atoms with Crippen LogP contribution in [0.4, 0.5) is 5.69 Å². The number of benzene rings is 1. The van der Waals surface area contributed by atoms with Crippen molar-refractivity contribution in [2.45, 2.75) is 25.8 Å². The largest absolute Gasteiger partial charge is 0.469 e. The van der Waals surface area contributed by atoms with E-state index in [4.69, 9.17) is 4.42 Å². The van der Waals surface area contributed by atoms with Gasteiger partial charge in [-0.15, -0.1) is 0 Å². The maximum absolute atomic E-state index is 11.4. The number of furan rings is 1. The Kier molecular flexibility index (Phi) is 3.32. The molecular formula is C16H18N2O2. The molecule has 0 saturated carbocycles. The van der Waals surface area contributed by atoms with Gasteiger partial charge in [0.1, 0.15) is 5.76 Å². The lowest BCUT2D eigenvalue weighted by molar-refractivity contribution is -0.115. The molecule has 4 nitrogen and oxygen atoms in total. The number of carbonyl (C=O) groups excluding carboxylic acids is 1. The summed E-state index contributed by atoms with van der Waals surface area (Å²) < 4.78 is 5.52. The van der Waals surface area contributed by atoms with Crippen LogP contribution in [0.5, 0.6) is 0 Å². The second-order valence-corrected chi connectivity index (χ2v) is 5.02. The van der Waals surface area contributed by atoms with Crippen molar-refractivity contribution in [1.82, 2.24) is 5.32 Å². The standard InChI is InChI=1S/C16H18N2O2/c1-3-14-12(6-7-20-14)16(17-2)10-4-5-13-11(8-10)9-15(19)18-13/h4-8,16-17H,3,9H2,1-2H3,(H,18,19). The van der Waals surface area contributed by atoms with Gasteiger partial charge in [0, 0.05) is 17.7 Å². The molecule has 1 aromatic carbocycles. The highest BCUT2D eigenvalue weighted by Crippen LogP contribution is 2.31. The Labute approximate surface area is 118 Å². The van der Waals surface area contributed by atoms with Crippen LogP contribution in [0.3, 0.4) is 0 Å². The summed E-state index contributed by atoms with van der Waals surface area (Å²) in [6, 6.07) is 8.23. The van der Waals surface area contributed by atoms with E-state index in [1.54, 1.807) is 6.26 Å². The minimum absolute atomic E-state index is 0.0655.